The van der Waals surface area contributed by atoms with Crippen molar-refractivity contribution in [3.63, 3.8) is 0 Å². The number of fused-ring (bicyclic) bond motifs is 1. The second-order valence-corrected chi connectivity index (χ2v) is 5.60. The number of halogens is 1. The molecule has 0 aliphatic carbocycles. The van der Waals surface area contributed by atoms with Gasteiger partial charge in [0.1, 0.15) is 5.56 Å². The van der Waals surface area contributed by atoms with Crippen molar-refractivity contribution in [2.75, 3.05) is 0 Å². The van der Waals surface area contributed by atoms with Crippen LogP contribution >= 0.6 is 11.6 Å². The van der Waals surface area contributed by atoms with E-state index in [-0.39, 0.29) is 5.56 Å². The summed E-state index contributed by atoms with van der Waals surface area (Å²) in [5.74, 6) is -1.02. The average molecular weight is 316 g/mol. The fourth-order valence-corrected chi connectivity index (χ4v) is 2.78. The Hall–Kier alpha value is -2.40. The smallest absolute Gasteiger partial charge is 0.341 e. The van der Waals surface area contributed by atoms with Gasteiger partial charge in [-0.15, -0.1) is 0 Å². The molecule has 3 aromatic rings. The molecular formula is C16H14ClN3O2. The second-order valence-electron chi connectivity index (χ2n) is 5.17. The molecule has 5 nitrogen and oxygen atoms in total. The summed E-state index contributed by atoms with van der Waals surface area (Å²) in [7, 11) is 0. The number of hydrogen-bond donors (Lipinski definition) is 1. The van der Waals surface area contributed by atoms with Crippen molar-refractivity contribution in [1.29, 1.82) is 0 Å². The zero-order chi connectivity index (χ0) is 15.9. The number of benzene rings is 1. The number of aryl methyl sites for hydroxylation is 2. The molecule has 0 amide bonds. The van der Waals surface area contributed by atoms with Gasteiger partial charge < -0.3 is 5.11 Å². The van der Waals surface area contributed by atoms with E-state index in [0.29, 0.717) is 17.1 Å². The fraction of sp³-hybridized carbons (Fsp3) is 0.188. The van der Waals surface area contributed by atoms with Crippen LogP contribution in [0.5, 0.6) is 0 Å². The molecule has 0 aliphatic rings. The maximum Gasteiger partial charge on any atom is 0.341 e. The zero-order valence-corrected chi connectivity index (χ0v) is 12.9. The first kappa shape index (κ1) is 14.5. The predicted molar refractivity (Wildman–Crippen MR) is 83.7 cm³/mol. The van der Waals surface area contributed by atoms with E-state index < -0.39 is 5.97 Å². The van der Waals surface area contributed by atoms with E-state index in [9.17, 15) is 9.90 Å². The Labute approximate surface area is 132 Å². The third kappa shape index (κ3) is 2.44. The topological polar surface area (TPSA) is 67.5 Å². The Morgan fingerprint density at radius 2 is 2.14 bits per heavy atom. The molecule has 0 aliphatic heterocycles. The Balaban J connectivity index is 2.13. The standard InChI is InChI=1S/C16H14ClN3O2/c1-9-13(7-11-4-3-5-12(17)6-11)10(2)20-15(19-9)14(8-18-20)16(21)22/h3-6,8H,7H2,1-2H3,(H,21,22). The van der Waals surface area contributed by atoms with Crippen LogP contribution in [0, 0.1) is 13.8 Å². The van der Waals surface area contributed by atoms with E-state index in [4.69, 9.17) is 11.6 Å². The molecule has 0 bridgehead atoms. The average Bonchev–Trinajstić information content (AvgIpc) is 2.87. The Kier molecular flexibility index (Phi) is 3.58. The lowest BCUT2D eigenvalue weighted by Gasteiger charge is -2.11. The van der Waals surface area contributed by atoms with E-state index in [1.807, 2.05) is 38.1 Å². The fourth-order valence-electron chi connectivity index (χ4n) is 2.57. The van der Waals surface area contributed by atoms with Crippen LogP contribution in [-0.4, -0.2) is 25.7 Å². The molecule has 0 fully saturated rings. The quantitative estimate of drug-likeness (QED) is 0.805. The number of rotatable bonds is 3. The second kappa shape index (κ2) is 5.42. The van der Waals surface area contributed by atoms with Gasteiger partial charge in [-0.25, -0.2) is 14.3 Å². The molecule has 112 valence electrons. The van der Waals surface area contributed by atoms with Crippen LogP contribution in [0.1, 0.15) is 32.9 Å². The number of nitrogens with zero attached hydrogens (tertiary/aromatic N) is 3. The summed E-state index contributed by atoms with van der Waals surface area (Å²) in [4.78, 5) is 15.6. The van der Waals surface area contributed by atoms with Crippen molar-refractivity contribution in [1.82, 2.24) is 14.6 Å². The molecule has 0 spiro atoms. The van der Waals surface area contributed by atoms with Crippen LogP contribution in [-0.2, 0) is 6.42 Å². The molecule has 1 aromatic carbocycles. The first-order valence-electron chi connectivity index (χ1n) is 6.79. The Bertz CT molecular complexity index is 886. The Morgan fingerprint density at radius 1 is 1.36 bits per heavy atom. The highest BCUT2D eigenvalue weighted by atomic mass is 35.5. The highest BCUT2D eigenvalue weighted by Crippen LogP contribution is 2.21. The molecule has 0 saturated carbocycles. The highest BCUT2D eigenvalue weighted by Gasteiger charge is 2.17. The van der Waals surface area contributed by atoms with Crippen LogP contribution in [0.2, 0.25) is 5.02 Å². The van der Waals surface area contributed by atoms with E-state index in [1.54, 1.807) is 4.52 Å². The van der Waals surface area contributed by atoms with Gasteiger partial charge in [-0.05, 0) is 37.1 Å². The molecule has 6 heteroatoms. The molecule has 22 heavy (non-hydrogen) atoms. The number of hydrogen-bond acceptors (Lipinski definition) is 3. The lowest BCUT2D eigenvalue weighted by molar-refractivity contribution is 0.0699. The first-order chi connectivity index (χ1) is 10.5. The van der Waals surface area contributed by atoms with Crippen LogP contribution in [0.4, 0.5) is 0 Å². The summed E-state index contributed by atoms with van der Waals surface area (Å²) in [5, 5.41) is 14.0. The lowest BCUT2D eigenvalue weighted by atomic mass is 10.0. The van der Waals surface area contributed by atoms with Gasteiger partial charge in [0.2, 0.25) is 0 Å². The number of carboxylic acids is 1. The summed E-state index contributed by atoms with van der Waals surface area (Å²) in [6.45, 7) is 3.80. The predicted octanol–water partition coefficient (Wildman–Crippen LogP) is 3.29. The minimum atomic E-state index is -1.02. The van der Waals surface area contributed by atoms with Gasteiger partial charge in [0.15, 0.2) is 5.65 Å². The first-order valence-corrected chi connectivity index (χ1v) is 7.16. The summed E-state index contributed by atoms with van der Waals surface area (Å²) >= 11 is 6.03. The normalized spacial score (nSPS) is 11.0. The minimum Gasteiger partial charge on any atom is -0.477 e. The van der Waals surface area contributed by atoms with Gasteiger partial charge in [0, 0.05) is 22.8 Å². The number of aromatic carboxylic acids is 1. The zero-order valence-electron chi connectivity index (χ0n) is 12.2. The van der Waals surface area contributed by atoms with Crippen LogP contribution < -0.4 is 0 Å². The summed E-state index contributed by atoms with van der Waals surface area (Å²) < 4.78 is 1.58. The number of aromatic nitrogens is 3. The largest absolute Gasteiger partial charge is 0.477 e. The van der Waals surface area contributed by atoms with E-state index in [2.05, 4.69) is 10.1 Å². The van der Waals surface area contributed by atoms with Crippen molar-refractivity contribution in [3.05, 3.63) is 63.6 Å². The SMILES string of the molecule is Cc1nc2c(C(=O)O)cnn2c(C)c1Cc1cccc(Cl)c1. The number of carboxylic acid groups (broad SMARTS) is 1. The van der Waals surface area contributed by atoms with Crippen molar-refractivity contribution in [2.24, 2.45) is 0 Å². The number of carbonyl (C=O) groups is 1. The van der Waals surface area contributed by atoms with Gasteiger partial charge >= 0.3 is 5.97 Å². The van der Waals surface area contributed by atoms with Crippen molar-refractivity contribution in [3.8, 4) is 0 Å². The van der Waals surface area contributed by atoms with E-state index >= 15 is 0 Å². The summed E-state index contributed by atoms with van der Waals surface area (Å²) in [6.07, 6.45) is 2.00. The third-order valence-electron chi connectivity index (χ3n) is 3.71. The van der Waals surface area contributed by atoms with Gasteiger partial charge in [0.25, 0.3) is 0 Å². The van der Waals surface area contributed by atoms with Gasteiger partial charge in [-0.1, -0.05) is 23.7 Å². The Morgan fingerprint density at radius 3 is 2.82 bits per heavy atom. The van der Waals surface area contributed by atoms with E-state index in [0.717, 1.165) is 22.5 Å². The molecule has 2 aromatic heterocycles. The maximum absolute atomic E-state index is 11.2. The van der Waals surface area contributed by atoms with Crippen molar-refractivity contribution >= 4 is 23.2 Å². The maximum atomic E-state index is 11.2. The molecule has 3 rings (SSSR count). The van der Waals surface area contributed by atoms with Crippen LogP contribution in [0.3, 0.4) is 0 Å². The highest BCUT2D eigenvalue weighted by molar-refractivity contribution is 6.30. The molecule has 1 N–H and O–H groups in total. The van der Waals surface area contributed by atoms with Crippen molar-refractivity contribution in [2.45, 2.75) is 20.3 Å². The van der Waals surface area contributed by atoms with Crippen LogP contribution in [0.15, 0.2) is 30.5 Å². The summed E-state index contributed by atoms with van der Waals surface area (Å²) in [5.41, 5.74) is 4.26. The molecule has 0 unspecified atom stereocenters. The molecule has 2 heterocycles. The van der Waals surface area contributed by atoms with Crippen molar-refractivity contribution < 1.29 is 9.90 Å². The monoisotopic (exact) mass is 315 g/mol. The summed E-state index contributed by atoms with van der Waals surface area (Å²) in [6, 6.07) is 7.65. The van der Waals surface area contributed by atoms with E-state index in [1.165, 1.54) is 6.20 Å². The van der Waals surface area contributed by atoms with Crippen LogP contribution in [0.25, 0.3) is 5.65 Å². The molecule has 0 radical (unpaired) electrons. The minimum absolute atomic E-state index is 0.112. The lowest BCUT2D eigenvalue weighted by Crippen LogP contribution is -2.07. The van der Waals surface area contributed by atoms with Gasteiger partial charge in [-0.2, -0.15) is 5.10 Å². The molecular weight excluding hydrogens is 302 g/mol. The molecule has 0 atom stereocenters. The van der Waals surface area contributed by atoms with Gasteiger partial charge in [0.05, 0.1) is 6.20 Å². The van der Waals surface area contributed by atoms with Gasteiger partial charge in [-0.3, -0.25) is 0 Å². The third-order valence-corrected chi connectivity index (χ3v) is 3.94. The molecule has 0 saturated heterocycles.